The van der Waals surface area contributed by atoms with Gasteiger partial charge in [0.25, 0.3) is 0 Å². The lowest BCUT2D eigenvalue weighted by molar-refractivity contribution is -0.113. The predicted molar refractivity (Wildman–Crippen MR) is 86.6 cm³/mol. The second kappa shape index (κ2) is 7.54. The van der Waals surface area contributed by atoms with E-state index in [-0.39, 0.29) is 11.7 Å². The summed E-state index contributed by atoms with van der Waals surface area (Å²) in [5.41, 5.74) is 0. The summed E-state index contributed by atoms with van der Waals surface area (Å²) in [6.07, 6.45) is 1.43. The molecule has 0 bridgehead atoms. The molecule has 0 aliphatic rings. The topological polar surface area (TPSA) is 51.2 Å². The van der Waals surface area contributed by atoms with Crippen LogP contribution in [0, 0.1) is 0 Å². The number of ether oxygens (including phenoxy) is 1. The van der Waals surface area contributed by atoms with Gasteiger partial charge < -0.3 is 10.1 Å². The maximum absolute atomic E-state index is 11.9. The number of nitrogens with zero attached hydrogens (tertiary/aromatic N) is 1. The number of methoxy groups -OCH3 is 1. The number of hydrogen-bond acceptors (Lipinski definition) is 4. The smallest absolute Gasteiger partial charge is 0.235 e. The van der Waals surface area contributed by atoms with Crippen molar-refractivity contribution in [2.75, 3.05) is 18.2 Å². The minimum absolute atomic E-state index is 0.195. The second-order valence-corrected chi connectivity index (χ2v) is 5.89. The number of hydrogen-bond donors (Lipinski definition) is 1. The molecular formula is C14H12Cl2N2O2S. The Hall–Kier alpha value is -1.43. The predicted octanol–water partition coefficient (Wildman–Crippen LogP) is 4.13. The number of rotatable bonds is 5. The summed E-state index contributed by atoms with van der Waals surface area (Å²) in [5.74, 6) is 1.10. The van der Waals surface area contributed by atoms with Crippen LogP contribution in [0.5, 0.6) is 5.75 Å². The van der Waals surface area contributed by atoms with Crippen LogP contribution in [0.2, 0.25) is 10.0 Å². The second-order valence-electron chi connectivity index (χ2n) is 4.00. The third-order valence-corrected chi connectivity index (χ3v) is 3.97. The highest BCUT2D eigenvalue weighted by Crippen LogP contribution is 2.25. The number of thioether (sulfide) groups is 1. The number of nitrogens with one attached hydrogen (secondary N) is 1. The van der Waals surface area contributed by atoms with Crippen LogP contribution in [0.4, 0.5) is 5.82 Å². The van der Waals surface area contributed by atoms with E-state index in [4.69, 9.17) is 27.9 Å². The Bertz CT molecular complexity index is 653. The molecule has 110 valence electrons. The van der Waals surface area contributed by atoms with Crippen molar-refractivity contribution in [2.45, 2.75) is 4.90 Å². The van der Waals surface area contributed by atoms with Gasteiger partial charge in [0.1, 0.15) is 5.75 Å². The maximum Gasteiger partial charge on any atom is 0.235 e. The molecule has 21 heavy (non-hydrogen) atoms. The van der Waals surface area contributed by atoms with Gasteiger partial charge in [-0.3, -0.25) is 4.79 Å². The van der Waals surface area contributed by atoms with Crippen LogP contribution in [0.25, 0.3) is 0 Å². The molecule has 1 N–H and O–H groups in total. The van der Waals surface area contributed by atoms with Gasteiger partial charge in [-0.15, -0.1) is 11.8 Å². The Labute approximate surface area is 136 Å². The molecule has 1 heterocycles. The van der Waals surface area contributed by atoms with Crippen LogP contribution in [0.15, 0.2) is 41.4 Å². The van der Waals surface area contributed by atoms with E-state index in [9.17, 15) is 4.79 Å². The standard InChI is InChI=1S/C14H12Cl2N2O2S/c1-20-10-3-2-4-11(6-10)21-8-13(19)18-14-12(16)5-9(15)7-17-14/h2-7H,8H2,1H3,(H,17,18,19). The Kier molecular flexibility index (Phi) is 5.73. The zero-order chi connectivity index (χ0) is 15.2. The van der Waals surface area contributed by atoms with E-state index in [0.717, 1.165) is 10.6 Å². The molecule has 0 spiro atoms. The van der Waals surface area contributed by atoms with Gasteiger partial charge >= 0.3 is 0 Å². The Morgan fingerprint density at radius 2 is 2.19 bits per heavy atom. The largest absolute Gasteiger partial charge is 0.497 e. The Morgan fingerprint density at radius 3 is 2.90 bits per heavy atom. The lowest BCUT2D eigenvalue weighted by atomic mass is 10.3. The summed E-state index contributed by atoms with van der Waals surface area (Å²) in [5, 5.41) is 3.37. The van der Waals surface area contributed by atoms with Crippen LogP contribution in [-0.2, 0) is 4.79 Å². The molecule has 0 atom stereocenters. The molecule has 1 aromatic heterocycles. The summed E-state index contributed by atoms with van der Waals surface area (Å²) >= 11 is 13.1. The molecular weight excluding hydrogens is 331 g/mol. The number of anilines is 1. The third kappa shape index (κ3) is 4.81. The fourth-order valence-electron chi connectivity index (χ4n) is 1.51. The lowest BCUT2D eigenvalue weighted by Crippen LogP contribution is -2.15. The minimum Gasteiger partial charge on any atom is -0.497 e. The SMILES string of the molecule is COc1cccc(SCC(=O)Nc2ncc(Cl)cc2Cl)c1. The van der Waals surface area contributed by atoms with E-state index in [1.165, 1.54) is 24.0 Å². The average Bonchev–Trinajstić information content (AvgIpc) is 2.48. The monoisotopic (exact) mass is 342 g/mol. The highest BCUT2D eigenvalue weighted by atomic mass is 35.5. The zero-order valence-corrected chi connectivity index (χ0v) is 13.4. The quantitative estimate of drug-likeness (QED) is 0.830. The number of carbonyl (C=O) groups excluding carboxylic acids is 1. The first kappa shape index (κ1) is 15.9. The van der Waals surface area contributed by atoms with Crippen molar-refractivity contribution in [3.8, 4) is 5.75 Å². The first-order valence-corrected chi connectivity index (χ1v) is 7.70. The van der Waals surface area contributed by atoms with Gasteiger partial charge in [0.2, 0.25) is 5.91 Å². The maximum atomic E-state index is 11.9. The van der Waals surface area contributed by atoms with Crippen molar-refractivity contribution < 1.29 is 9.53 Å². The summed E-state index contributed by atoms with van der Waals surface area (Å²) in [6, 6.07) is 9.03. The van der Waals surface area contributed by atoms with E-state index in [1.54, 1.807) is 7.11 Å². The van der Waals surface area contributed by atoms with Gasteiger partial charge in [-0.25, -0.2) is 4.98 Å². The zero-order valence-electron chi connectivity index (χ0n) is 11.1. The van der Waals surface area contributed by atoms with Crippen molar-refractivity contribution in [3.63, 3.8) is 0 Å². The molecule has 7 heteroatoms. The van der Waals surface area contributed by atoms with Gasteiger partial charge in [-0.1, -0.05) is 29.3 Å². The van der Waals surface area contributed by atoms with Crippen LogP contribution >= 0.6 is 35.0 Å². The van der Waals surface area contributed by atoms with Crippen molar-refractivity contribution in [1.29, 1.82) is 0 Å². The van der Waals surface area contributed by atoms with Gasteiger partial charge in [0.05, 0.1) is 22.9 Å². The molecule has 0 radical (unpaired) electrons. The van der Waals surface area contributed by atoms with E-state index < -0.39 is 0 Å². The average molecular weight is 343 g/mol. The fraction of sp³-hybridized carbons (Fsp3) is 0.143. The summed E-state index contributed by atoms with van der Waals surface area (Å²) < 4.78 is 5.13. The summed E-state index contributed by atoms with van der Waals surface area (Å²) in [4.78, 5) is 16.8. The first-order valence-electron chi connectivity index (χ1n) is 5.96. The van der Waals surface area contributed by atoms with Crippen LogP contribution in [0.1, 0.15) is 0 Å². The molecule has 0 unspecified atom stereocenters. The highest BCUT2D eigenvalue weighted by molar-refractivity contribution is 8.00. The van der Waals surface area contributed by atoms with Gasteiger partial charge in [-0.05, 0) is 24.3 Å². The summed E-state index contributed by atoms with van der Waals surface area (Å²) in [7, 11) is 1.60. The van der Waals surface area contributed by atoms with Gasteiger partial charge in [0, 0.05) is 11.1 Å². The molecule has 2 rings (SSSR count). The molecule has 1 amide bonds. The first-order chi connectivity index (χ1) is 10.1. The number of benzene rings is 1. The molecule has 0 saturated heterocycles. The van der Waals surface area contributed by atoms with Gasteiger partial charge in [-0.2, -0.15) is 0 Å². The van der Waals surface area contributed by atoms with Crippen LogP contribution in [-0.4, -0.2) is 23.8 Å². The van der Waals surface area contributed by atoms with E-state index in [1.807, 2.05) is 24.3 Å². The van der Waals surface area contributed by atoms with Crippen molar-refractivity contribution in [3.05, 3.63) is 46.6 Å². The third-order valence-electron chi connectivity index (χ3n) is 2.48. The van der Waals surface area contributed by atoms with Gasteiger partial charge in [0.15, 0.2) is 5.82 Å². The van der Waals surface area contributed by atoms with Crippen LogP contribution in [0.3, 0.4) is 0 Å². The van der Waals surface area contributed by atoms with Crippen LogP contribution < -0.4 is 10.1 Å². The molecule has 2 aromatic rings. The molecule has 4 nitrogen and oxygen atoms in total. The number of aromatic nitrogens is 1. The van der Waals surface area contributed by atoms with E-state index in [2.05, 4.69) is 10.3 Å². The molecule has 0 aliphatic heterocycles. The van der Waals surface area contributed by atoms with Crippen molar-refractivity contribution >= 4 is 46.7 Å². The Balaban J connectivity index is 1.92. The minimum atomic E-state index is -0.195. The van der Waals surface area contributed by atoms with E-state index >= 15 is 0 Å². The molecule has 0 fully saturated rings. The fourth-order valence-corrected chi connectivity index (χ4v) is 2.69. The van der Waals surface area contributed by atoms with Crippen molar-refractivity contribution in [1.82, 2.24) is 4.98 Å². The summed E-state index contributed by atoms with van der Waals surface area (Å²) in [6.45, 7) is 0. The molecule has 0 aliphatic carbocycles. The Morgan fingerprint density at radius 1 is 1.38 bits per heavy atom. The molecule has 0 saturated carbocycles. The number of halogens is 2. The lowest BCUT2D eigenvalue weighted by Gasteiger charge is -2.07. The normalized spacial score (nSPS) is 10.2. The van der Waals surface area contributed by atoms with Crippen molar-refractivity contribution in [2.24, 2.45) is 0 Å². The van der Waals surface area contributed by atoms with E-state index in [0.29, 0.717) is 15.9 Å². The number of carbonyl (C=O) groups is 1. The number of amides is 1. The highest BCUT2D eigenvalue weighted by Gasteiger charge is 2.08. The molecule has 1 aromatic carbocycles. The number of pyridine rings is 1.